The van der Waals surface area contributed by atoms with Crippen molar-refractivity contribution >= 4 is 21.6 Å². The molecule has 14 heavy (non-hydrogen) atoms. The fraction of sp³-hybridized carbons (Fsp3) is 0.300. The van der Waals surface area contributed by atoms with Crippen LogP contribution in [0.4, 0.5) is 4.39 Å². The lowest BCUT2D eigenvalue weighted by Gasteiger charge is -2.02. The first kappa shape index (κ1) is 9.65. The predicted molar refractivity (Wildman–Crippen MR) is 55.3 cm³/mol. The van der Waals surface area contributed by atoms with Gasteiger partial charge in [0.1, 0.15) is 5.82 Å². The summed E-state index contributed by atoms with van der Waals surface area (Å²) in [6.45, 7) is 1.92. The summed E-state index contributed by atoms with van der Waals surface area (Å²) in [5.74, 6) is -0.245. The lowest BCUT2D eigenvalue weighted by atomic mass is 10.1. The predicted octanol–water partition coefficient (Wildman–Crippen LogP) is 2.96. The third kappa shape index (κ3) is 1.34. The van der Waals surface area contributed by atoms with Gasteiger partial charge in [0.2, 0.25) is 0 Å². The first-order valence-corrected chi connectivity index (χ1v) is 5.13. The van der Waals surface area contributed by atoms with Crippen molar-refractivity contribution in [3.05, 3.63) is 33.5 Å². The molecule has 0 fully saturated rings. The van der Waals surface area contributed by atoms with E-state index in [1.807, 2.05) is 13.0 Å². The van der Waals surface area contributed by atoms with Crippen LogP contribution in [0.2, 0.25) is 0 Å². The monoisotopic (exact) mass is 257 g/mol. The molecule has 1 aliphatic rings. The first-order chi connectivity index (χ1) is 6.63. The van der Waals surface area contributed by atoms with E-state index < -0.39 is 0 Å². The SMILES string of the molecule is CC1Cc2cc(Br)cc(F)c2C1=NO. The molecule has 0 amide bonds. The number of hydrogen-bond acceptors (Lipinski definition) is 2. The molecule has 2 nitrogen and oxygen atoms in total. The van der Waals surface area contributed by atoms with E-state index in [0.29, 0.717) is 11.3 Å². The largest absolute Gasteiger partial charge is 0.411 e. The summed E-state index contributed by atoms with van der Waals surface area (Å²) >= 11 is 3.24. The maximum Gasteiger partial charge on any atom is 0.133 e. The Balaban J connectivity index is 2.65. The van der Waals surface area contributed by atoms with Crippen LogP contribution in [-0.4, -0.2) is 10.9 Å². The van der Waals surface area contributed by atoms with E-state index >= 15 is 0 Å². The lowest BCUT2D eigenvalue weighted by Crippen LogP contribution is -2.07. The van der Waals surface area contributed by atoms with Gasteiger partial charge < -0.3 is 5.21 Å². The van der Waals surface area contributed by atoms with Gasteiger partial charge in [-0.3, -0.25) is 0 Å². The highest BCUT2D eigenvalue weighted by atomic mass is 79.9. The number of oxime groups is 1. The van der Waals surface area contributed by atoms with Crippen molar-refractivity contribution in [2.75, 3.05) is 0 Å². The van der Waals surface area contributed by atoms with Crippen LogP contribution in [0.3, 0.4) is 0 Å². The number of hydrogen-bond donors (Lipinski definition) is 1. The average Bonchev–Trinajstić information content (AvgIpc) is 2.40. The van der Waals surface area contributed by atoms with Crippen molar-refractivity contribution < 1.29 is 9.60 Å². The highest BCUT2D eigenvalue weighted by Crippen LogP contribution is 2.31. The molecular weight excluding hydrogens is 249 g/mol. The van der Waals surface area contributed by atoms with Crippen LogP contribution >= 0.6 is 15.9 Å². The van der Waals surface area contributed by atoms with Crippen molar-refractivity contribution in [2.24, 2.45) is 11.1 Å². The molecule has 1 aliphatic carbocycles. The van der Waals surface area contributed by atoms with E-state index in [1.165, 1.54) is 6.07 Å². The summed E-state index contributed by atoms with van der Waals surface area (Å²) in [7, 11) is 0. The van der Waals surface area contributed by atoms with E-state index in [4.69, 9.17) is 5.21 Å². The zero-order valence-electron chi connectivity index (χ0n) is 7.59. The summed E-state index contributed by atoms with van der Waals surface area (Å²) in [5.41, 5.74) is 1.81. The maximum atomic E-state index is 13.5. The molecule has 0 saturated carbocycles. The van der Waals surface area contributed by atoms with Gasteiger partial charge in [0, 0.05) is 16.0 Å². The molecule has 1 aromatic carbocycles. The Bertz CT molecular complexity index is 417. The van der Waals surface area contributed by atoms with Crippen LogP contribution in [-0.2, 0) is 6.42 Å². The second-order valence-electron chi connectivity index (χ2n) is 3.51. The minimum Gasteiger partial charge on any atom is -0.411 e. The van der Waals surface area contributed by atoms with Crippen molar-refractivity contribution in [1.29, 1.82) is 0 Å². The van der Waals surface area contributed by atoms with E-state index in [-0.39, 0.29) is 11.7 Å². The van der Waals surface area contributed by atoms with Crippen LogP contribution in [0.5, 0.6) is 0 Å². The van der Waals surface area contributed by atoms with Gasteiger partial charge in [-0.05, 0) is 24.1 Å². The van der Waals surface area contributed by atoms with Crippen LogP contribution in [0.25, 0.3) is 0 Å². The van der Waals surface area contributed by atoms with Crippen LogP contribution < -0.4 is 0 Å². The Morgan fingerprint density at radius 1 is 1.57 bits per heavy atom. The standard InChI is InChI=1S/C10H9BrFNO/c1-5-2-6-3-7(11)4-8(12)9(6)10(5)13-14/h3-5,14H,2H2,1H3. The molecule has 0 heterocycles. The van der Waals surface area contributed by atoms with Gasteiger partial charge in [-0.25, -0.2) is 4.39 Å². The molecule has 0 spiro atoms. The topological polar surface area (TPSA) is 32.6 Å². The van der Waals surface area contributed by atoms with Crippen molar-refractivity contribution in [3.8, 4) is 0 Å². The zero-order chi connectivity index (χ0) is 10.3. The Labute approximate surface area is 89.6 Å². The van der Waals surface area contributed by atoms with Crippen molar-refractivity contribution in [3.63, 3.8) is 0 Å². The Morgan fingerprint density at radius 3 is 2.93 bits per heavy atom. The molecule has 74 valence electrons. The molecule has 1 N–H and O–H groups in total. The number of rotatable bonds is 0. The van der Waals surface area contributed by atoms with Gasteiger partial charge in [-0.15, -0.1) is 0 Å². The second kappa shape index (κ2) is 3.35. The highest BCUT2D eigenvalue weighted by molar-refractivity contribution is 9.10. The summed E-state index contributed by atoms with van der Waals surface area (Å²) in [6, 6.07) is 3.26. The summed E-state index contributed by atoms with van der Waals surface area (Å²) in [4.78, 5) is 0. The first-order valence-electron chi connectivity index (χ1n) is 4.33. The molecule has 1 aromatic rings. The lowest BCUT2D eigenvalue weighted by molar-refractivity contribution is 0.316. The van der Waals surface area contributed by atoms with Crippen molar-refractivity contribution in [2.45, 2.75) is 13.3 Å². The molecule has 0 aliphatic heterocycles. The average molecular weight is 258 g/mol. The van der Waals surface area contributed by atoms with Gasteiger partial charge >= 0.3 is 0 Å². The molecule has 4 heteroatoms. The van der Waals surface area contributed by atoms with Crippen LogP contribution in [0.1, 0.15) is 18.1 Å². The van der Waals surface area contributed by atoms with Crippen LogP contribution in [0.15, 0.2) is 21.8 Å². The quantitative estimate of drug-likeness (QED) is 0.563. The molecule has 2 rings (SSSR count). The Kier molecular flexibility index (Phi) is 2.31. The van der Waals surface area contributed by atoms with E-state index in [2.05, 4.69) is 21.1 Å². The normalized spacial score (nSPS) is 22.8. The van der Waals surface area contributed by atoms with Gasteiger partial charge in [-0.2, -0.15) is 0 Å². The van der Waals surface area contributed by atoms with Crippen LogP contribution in [0, 0.1) is 11.7 Å². The number of nitrogens with zero attached hydrogens (tertiary/aromatic N) is 1. The van der Waals surface area contributed by atoms with E-state index in [1.54, 1.807) is 0 Å². The Hall–Kier alpha value is -0.900. The molecule has 0 saturated heterocycles. The minimum absolute atomic E-state index is 0.0822. The molecule has 0 bridgehead atoms. The molecular formula is C10H9BrFNO. The Morgan fingerprint density at radius 2 is 2.29 bits per heavy atom. The fourth-order valence-electron chi connectivity index (χ4n) is 1.90. The molecule has 1 unspecified atom stereocenters. The molecule has 1 atom stereocenters. The van der Waals surface area contributed by atoms with Gasteiger partial charge in [0.05, 0.1) is 5.71 Å². The van der Waals surface area contributed by atoms with Crippen molar-refractivity contribution in [1.82, 2.24) is 0 Å². The second-order valence-corrected chi connectivity index (χ2v) is 4.43. The fourth-order valence-corrected chi connectivity index (χ4v) is 2.37. The van der Waals surface area contributed by atoms with Gasteiger partial charge in [0.25, 0.3) is 0 Å². The van der Waals surface area contributed by atoms with E-state index in [0.717, 1.165) is 16.5 Å². The molecule has 0 aromatic heterocycles. The third-order valence-corrected chi connectivity index (χ3v) is 2.95. The molecule has 0 radical (unpaired) electrons. The zero-order valence-corrected chi connectivity index (χ0v) is 9.18. The highest BCUT2D eigenvalue weighted by Gasteiger charge is 2.29. The number of benzene rings is 1. The summed E-state index contributed by atoms with van der Waals surface area (Å²) in [6.07, 6.45) is 0.727. The smallest absolute Gasteiger partial charge is 0.133 e. The minimum atomic E-state index is -0.327. The third-order valence-electron chi connectivity index (χ3n) is 2.49. The van der Waals surface area contributed by atoms with Gasteiger partial charge in [0.15, 0.2) is 0 Å². The maximum absolute atomic E-state index is 13.5. The summed E-state index contributed by atoms with van der Waals surface area (Å²) in [5, 5.41) is 11.9. The summed E-state index contributed by atoms with van der Waals surface area (Å²) < 4.78 is 14.3. The number of fused-ring (bicyclic) bond motifs is 1. The van der Waals surface area contributed by atoms with E-state index in [9.17, 15) is 4.39 Å². The number of halogens is 2. The van der Waals surface area contributed by atoms with Gasteiger partial charge in [-0.1, -0.05) is 28.0 Å².